The number of carbonyl (C=O) groups is 5. The molecular formula is C18H29NO10. The van der Waals surface area contributed by atoms with Gasteiger partial charge in [0.05, 0.1) is 26.1 Å². The van der Waals surface area contributed by atoms with Crippen LogP contribution in [0.25, 0.3) is 0 Å². The Morgan fingerprint density at radius 3 is 1.45 bits per heavy atom. The zero-order valence-corrected chi connectivity index (χ0v) is 17.1. The molecule has 0 saturated heterocycles. The molecule has 0 bridgehead atoms. The molecule has 0 rings (SSSR count). The van der Waals surface area contributed by atoms with Crippen molar-refractivity contribution in [3.8, 4) is 0 Å². The third kappa shape index (κ3) is 40.4. The highest BCUT2D eigenvalue weighted by atomic mass is 16.5. The number of ether oxygens (including phenoxy) is 2. The van der Waals surface area contributed by atoms with Crippen molar-refractivity contribution in [1.29, 1.82) is 0 Å². The SMILES string of the molecule is C=C(C)C(=O)[O-].C=C(CC(=O)O)C(=O)O.C=CC(=O)OC.C=CC(=O)OCC.[NH4+]. The topological polar surface area (TPSA) is 204 Å². The van der Waals surface area contributed by atoms with Gasteiger partial charge in [0.2, 0.25) is 0 Å². The Morgan fingerprint density at radius 1 is 1.00 bits per heavy atom. The standard InChI is InChI=1S/C5H6O4.C5H8O2.2C4H6O2.H3N/c1-3(5(8)9)2-4(6)7;1-3-5(6)7-4-2;1-3-4(5)6-2;1-3(2)4(5)6;/h1-2H2,(H,6,7)(H,8,9);3H,1,4H2,2H3;3H,1H2,2H3;1H2,2H3,(H,5,6);1H3. The molecule has 0 spiro atoms. The Balaban J connectivity index is -0.0000000886. The van der Waals surface area contributed by atoms with Crippen LogP contribution in [0.1, 0.15) is 20.3 Å². The lowest BCUT2D eigenvalue weighted by molar-refractivity contribution is -0.299. The molecule has 0 aliphatic rings. The first-order valence-electron chi connectivity index (χ1n) is 7.29. The highest BCUT2D eigenvalue weighted by molar-refractivity contribution is 5.91. The molecule has 0 aromatic rings. The summed E-state index contributed by atoms with van der Waals surface area (Å²) < 4.78 is 8.58. The molecule has 0 atom stereocenters. The molecule has 0 unspecified atom stereocenters. The van der Waals surface area contributed by atoms with Crippen LogP contribution in [0.3, 0.4) is 0 Å². The zero-order chi connectivity index (χ0) is 23.3. The van der Waals surface area contributed by atoms with E-state index in [4.69, 9.17) is 10.2 Å². The quantitative estimate of drug-likeness (QED) is 0.392. The number of rotatable bonds is 7. The van der Waals surface area contributed by atoms with Gasteiger partial charge in [-0.25, -0.2) is 14.4 Å². The fourth-order valence-corrected chi connectivity index (χ4v) is 0.543. The highest BCUT2D eigenvalue weighted by Gasteiger charge is 2.07. The maximum atomic E-state index is 10.1. The normalized spacial score (nSPS) is 7.41. The molecule has 0 radical (unpaired) electrons. The van der Waals surface area contributed by atoms with Crippen LogP contribution in [0.15, 0.2) is 49.6 Å². The minimum absolute atomic E-state index is 0. The first-order chi connectivity index (χ1) is 12.8. The van der Waals surface area contributed by atoms with E-state index in [1.165, 1.54) is 14.0 Å². The average molecular weight is 419 g/mol. The Hall–Kier alpha value is -3.73. The van der Waals surface area contributed by atoms with Gasteiger partial charge in [-0.3, -0.25) is 4.79 Å². The Labute approximate surface area is 169 Å². The minimum Gasteiger partial charge on any atom is -0.545 e. The van der Waals surface area contributed by atoms with Gasteiger partial charge in [-0.1, -0.05) is 26.3 Å². The summed E-state index contributed by atoms with van der Waals surface area (Å²) in [7, 11) is 1.31. The molecule has 0 saturated carbocycles. The molecule has 6 N–H and O–H groups in total. The molecule has 0 aliphatic heterocycles. The largest absolute Gasteiger partial charge is 0.545 e. The predicted molar refractivity (Wildman–Crippen MR) is 104 cm³/mol. The second-order valence-electron chi connectivity index (χ2n) is 4.23. The summed E-state index contributed by atoms with van der Waals surface area (Å²) >= 11 is 0. The number of aliphatic carboxylic acids is 3. The maximum Gasteiger partial charge on any atom is 0.331 e. The van der Waals surface area contributed by atoms with E-state index in [0.29, 0.717) is 6.61 Å². The number of esters is 2. The lowest BCUT2D eigenvalue weighted by Crippen LogP contribution is -2.22. The summed E-state index contributed by atoms with van der Waals surface area (Å²) in [6.07, 6.45) is 1.75. The van der Waals surface area contributed by atoms with E-state index in [-0.39, 0.29) is 23.3 Å². The third-order valence-corrected chi connectivity index (χ3v) is 1.84. The predicted octanol–water partition coefficient (Wildman–Crippen LogP) is 0.871. The fraction of sp³-hybridized carbons (Fsp3) is 0.278. The van der Waals surface area contributed by atoms with Crippen LogP contribution < -0.4 is 11.3 Å². The molecule has 0 fully saturated rings. The van der Waals surface area contributed by atoms with Gasteiger partial charge in [0.15, 0.2) is 0 Å². The first-order valence-corrected chi connectivity index (χ1v) is 7.29. The first kappa shape index (κ1) is 36.2. The molecule has 0 aromatic carbocycles. The summed E-state index contributed by atoms with van der Waals surface area (Å²) in [5.41, 5.74) is -0.238. The summed E-state index contributed by atoms with van der Waals surface area (Å²) in [5.74, 6) is -4.38. The van der Waals surface area contributed by atoms with Crippen LogP contribution in [0, 0.1) is 0 Å². The summed E-state index contributed by atoms with van der Waals surface area (Å²) in [5, 5.41) is 25.6. The Kier molecular flexibility index (Phi) is 30.3. The number of carboxylic acids is 3. The van der Waals surface area contributed by atoms with Crippen molar-refractivity contribution < 1.29 is 48.8 Å². The molecule has 11 nitrogen and oxygen atoms in total. The zero-order valence-electron chi connectivity index (χ0n) is 17.1. The van der Waals surface area contributed by atoms with Crippen molar-refractivity contribution in [2.75, 3.05) is 13.7 Å². The van der Waals surface area contributed by atoms with Gasteiger partial charge in [0.25, 0.3) is 0 Å². The fourth-order valence-electron chi connectivity index (χ4n) is 0.543. The summed E-state index contributed by atoms with van der Waals surface area (Å²) in [6.45, 7) is 16.0. The number of hydrogen-bond acceptors (Lipinski definition) is 8. The van der Waals surface area contributed by atoms with Gasteiger partial charge in [-0.05, 0) is 19.4 Å². The van der Waals surface area contributed by atoms with Gasteiger partial charge in [0.1, 0.15) is 0 Å². The van der Waals surface area contributed by atoms with Crippen molar-refractivity contribution in [1.82, 2.24) is 6.15 Å². The number of quaternary nitrogens is 1. The van der Waals surface area contributed by atoms with Crippen LogP contribution in [0.2, 0.25) is 0 Å². The van der Waals surface area contributed by atoms with Crippen molar-refractivity contribution in [3.63, 3.8) is 0 Å². The van der Waals surface area contributed by atoms with Crippen LogP contribution >= 0.6 is 0 Å². The van der Waals surface area contributed by atoms with Gasteiger partial charge in [-0.15, -0.1) is 0 Å². The molecule has 29 heavy (non-hydrogen) atoms. The van der Waals surface area contributed by atoms with Gasteiger partial charge in [0, 0.05) is 17.7 Å². The van der Waals surface area contributed by atoms with Gasteiger partial charge in [-0.2, -0.15) is 0 Å². The van der Waals surface area contributed by atoms with E-state index < -0.39 is 30.3 Å². The van der Waals surface area contributed by atoms with Crippen LogP contribution in [-0.2, 0) is 33.4 Å². The smallest absolute Gasteiger partial charge is 0.331 e. The highest BCUT2D eigenvalue weighted by Crippen LogP contribution is 1.95. The number of carboxylic acid groups (broad SMARTS) is 3. The van der Waals surface area contributed by atoms with E-state index in [9.17, 15) is 29.1 Å². The van der Waals surface area contributed by atoms with Gasteiger partial charge >= 0.3 is 23.9 Å². The molecule has 0 amide bonds. The molecule has 0 aliphatic carbocycles. The molecule has 0 heterocycles. The van der Waals surface area contributed by atoms with Gasteiger partial charge < -0.3 is 35.7 Å². The van der Waals surface area contributed by atoms with E-state index in [0.717, 1.165) is 12.2 Å². The van der Waals surface area contributed by atoms with E-state index in [1.54, 1.807) is 6.92 Å². The van der Waals surface area contributed by atoms with E-state index >= 15 is 0 Å². The number of methoxy groups -OCH3 is 1. The molecule has 0 aromatic heterocycles. The maximum absolute atomic E-state index is 10.1. The molecular weight excluding hydrogens is 390 g/mol. The second kappa shape index (κ2) is 24.3. The molecule has 11 heteroatoms. The van der Waals surface area contributed by atoms with Crippen molar-refractivity contribution in [3.05, 3.63) is 49.6 Å². The van der Waals surface area contributed by atoms with E-state index in [1.807, 2.05) is 0 Å². The lowest BCUT2D eigenvalue weighted by atomic mass is 10.2. The average Bonchev–Trinajstić information content (AvgIpc) is 2.61. The third-order valence-electron chi connectivity index (χ3n) is 1.84. The molecule has 166 valence electrons. The minimum atomic E-state index is -1.27. The second-order valence-corrected chi connectivity index (χ2v) is 4.23. The van der Waals surface area contributed by atoms with Crippen LogP contribution in [0.5, 0.6) is 0 Å². The summed E-state index contributed by atoms with van der Waals surface area (Å²) in [4.78, 5) is 49.1. The van der Waals surface area contributed by atoms with Crippen molar-refractivity contribution in [2.45, 2.75) is 20.3 Å². The van der Waals surface area contributed by atoms with Crippen molar-refractivity contribution in [2.24, 2.45) is 0 Å². The van der Waals surface area contributed by atoms with E-state index in [2.05, 4.69) is 35.8 Å². The number of hydrogen-bond donors (Lipinski definition) is 3. The van der Waals surface area contributed by atoms with Crippen LogP contribution in [0.4, 0.5) is 0 Å². The lowest BCUT2D eigenvalue weighted by Gasteiger charge is -1.93. The summed E-state index contributed by atoms with van der Waals surface area (Å²) in [6, 6.07) is 0. The van der Waals surface area contributed by atoms with Crippen molar-refractivity contribution >= 4 is 29.8 Å². The Bertz CT molecular complexity index is 579. The van der Waals surface area contributed by atoms with Crippen LogP contribution in [-0.4, -0.2) is 53.8 Å². The number of carbonyl (C=O) groups excluding carboxylic acids is 3. The monoisotopic (exact) mass is 419 g/mol. The Morgan fingerprint density at radius 2 is 1.38 bits per heavy atom.